The fourth-order valence-corrected chi connectivity index (χ4v) is 3.18. The van der Waals surface area contributed by atoms with Crippen molar-refractivity contribution in [3.63, 3.8) is 0 Å². The van der Waals surface area contributed by atoms with E-state index in [9.17, 15) is 4.79 Å². The quantitative estimate of drug-likeness (QED) is 0.720. The molecule has 0 saturated carbocycles. The summed E-state index contributed by atoms with van der Waals surface area (Å²) < 4.78 is 0. The molecule has 1 heterocycles. The summed E-state index contributed by atoms with van der Waals surface area (Å²) in [6.45, 7) is 12.4. The Morgan fingerprint density at radius 2 is 2.10 bits per heavy atom. The lowest BCUT2D eigenvalue weighted by Gasteiger charge is -2.43. The summed E-state index contributed by atoms with van der Waals surface area (Å²) in [5.74, 6) is -0.257. The van der Waals surface area contributed by atoms with Crippen LogP contribution in [0.5, 0.6) is 0 Å². The minimum atomic E-state index is -0.612. The molecule has 3 unspecified atom stereocenters. The maximum atomic E-state index is 11.7. The molecule has 1 aliphatic heterocycles. The van der Waals surface area contributed by atoms with E-state index in [1.54, 1.807) is 0 Å². The molecular formula is C15H32N4O. The number of hydrogen-bond donors (Lipinski definition) is 2. The number of rotatable bonds is 7. The molecule has 1 fully saturated rings. The van der Waals surface area contributed by atoms with E-state index in [1.807, 2.05) is 13.8 Å². The maximum Gasteiger partial charge on any atom is 0.237 e. The highest BCUT2D eigenvalue weighted by atomic mass is 16.1. The van der Waals surface area contributed by atoms with Crippen molar-refractivity contribution >= 4 is 5.91 Å². The molecule has 118 valence electrons. The predicted octanol–water partition coefficient (Wildman–Crippen LogP) is 0.645. The molecule has 1 amide bonds. The second-order valence-corrected chi connectivity index (χ2v) is 6.32. The van der Waals surface area contributed by atoms with Gasteiger partial charge in [-0.25, -0.2) is 0 Å². The van der Waals surface area contributed by atoms with E-state index in [-0.39, 0.29) is 5.91 Å². The van der Waals surface area contributed by atoms with Crippen LogP contribution in [0.15, 0.2) is 0 Å². The zero-order chi connectivity index (χ0) is 15.3. The first-order chi connectivity index (χ1) is 9.34. The lowest BCUT2D eigenvalue weighted by molar-refractivity contribution is -0.124. The van der Waals surface area contributed by atoms with Gasteiger partial charge in [-0.3, -0.25) is 9.69 Å². The number of hydrogen-bond acceptors (Lipinski definition) is 4. The first-order valence-electron chi connectivity index (χ1n) is 7.83. The average molecular weight is 284 g/mol. The van der Waals surface area contributed by atoms with Gasteiger partial charge in [0.2, 0.25) is 5.91 Å². The highest BCUT2D eigenvalue weighted by Crippen LogP contribution is 2.20. The number of likely N-dealkylation sites (N-methyl/N-ethyl adjacent to an activating group) is 2. The van der Waals surface area contributed by atoms with Crippen LogP contribution in [0.3, 0.4) is 0 Å². The number of piperazine rings is 1. The molecule has 5 nitrogen and oxygen atoms in total. The van der Waals surface area contributed by atoms with Crippen molar-refractivity contribution < 1.29 is 4.79 Å². The van der Waals surface area contributed by atoms with E-state index >= 15 is 0 Å². The fourth-order valence-electron chi connectivity index (χ4n) is 3.18. The molecule has 20 heavy (non-hydrogen) atoms. The van der Waals surface area contributed by atoms with Crippen molar-refractivity contribution in [1.29, 1.82) is 0 Å². The van der Waals surface area contributed by atoms with Crippen LogP contribution < -0.4 is 11.1 Å². The molecule has 3 atom stereocenters. The van der Waals surface area contributed by atoms with Gasteiger partial charge < -0.3 is 16.0 Å². The van der Waals surface area contributed by atoms with E-state index in [1.165, 1.54) is 6.42 Å². The van der Waals surface area contributed by atoms with E-state index in [2.05, 4.69) is 36.0 Å². The summed E-state index contributed by atoms with van der Waals surface area (Å²) in [4.78, 5) is 16.7. The first-order valence-corrected chi connectivity index (χ1v) is 7.83. The first kappa shape index (κ1) is 17.4. The minimum Gasteiger partial charge on any atom is -0.368 e. The van der Waals surface area contributed by atoms with Crippen molar-refractivity contribution in [3.8, 4) is 0 Å². The van der Waals surface area contributed by atoms with Gasteiger partial charge in [-0.2, -0.15) is 0 Å². The molecule has 0 aromatic carbocycles. The van der Waals surface area contributed by atoms with Crippen LogP contribution in [0.4, 0.5) is 0 Å². The van der Waals surface area contributed by atoms with Crippen LogP contribution >= 0.6 is 0 Å². The number of nitrogens with zero attached hydrogens (tertiary/aromatic N) is 2. The van der Waals surface area contributed by atoms with E-state index in [4.69, 9.17) is 5.73 Å². The summed E-state index contributed by atoms with van der Waals surface area (Å²) in [6, 6.07) is 0.972. The summed E-state index contributed by atoms with van der Waals surface area (Å²) >= 11 is 0. The Hall–Kier alpha value is -0.650. The van der Waals surface area contributed by atoms with Gasteiger partial charge in [-0.05, 0) is 40.3 Å². The Bertz CT molecular complexity index is 323. The molecule has 0 radical (unpaired) electrons. The number of nitrogens with one attached hydrogen (secondary N) is 1. The summed E-state index contributed by atoms with van der Waals surface area (Å²) in [5, 5.41) is 3.25. The topological polar surface area (TPSA) is 61.6 Å². The van der Waals surface area contributed by atoms with Gasteiger partial charge in [-0.15, -0.1) is 0 Å². The number of carbonyl (C=O) groups excluding carboxylic acids is 1. The fraction of sp³-hybridized carbons (Fsp3) is 0.933. The molecule has 3 N–H and O–H groups in total. The van der Waals surface area contributed by atoms with Crippen LogP contribution in [0.1, 0.15) is 40.5 Å². The standard InChI is InChI=1S/C15H32N4O/c1-6-13-11-19(9-8-18(13)5)12(3)10-15(4,14(16)20)17-7-2/h12-13,17H,6-11H2,1-5H3,(H2,16,20). The van der Waals surface area contributed by atoms with Gasteiger partial charge in [0.05, 0.1) is 5.54 Å². The van der Waals surface area contributed by atoms with Crippen molar-refractivity contribution in [2.75, 3.05) is 33.2 Å². The summed E-state index contributed by atoms with van der Waals surface area (Å²) in [5.41, 5.74) is 4.97. The zero-order valence-electron chi connectivity index (χ0n) is 13.8. The van der Waals surface area contributed by atoms with Crippen molar-refractivity contribution in [3.05, 3.63) is 0 Å². The molecule has 1 rings (SSSR count). The number of nitrogens with two attached hydrogens (primary N) is 1. The second kappa shape index (κ2) is 7.38. The molecule has 1 saturated heterocycles. The Labute approximate surface area is 123 Å². The van der Waals surface area contributed by atoms with E-state index in [0.717, 1.165) is 32.6 Å². The Morgan fingerprint density at radius 3 is 2.60 bits per heavy atom. The average Bonchev–Trinajstić information content (AvgIpc) is 2.39. The third-order valence-electron chi connectivity index (χ3n) is 4.72. The molecule has 0 aromatic rings. The van der Waals surface area contributed by atoms with Crippen molar-refractivity contribution in [2.45, 2.75) is 58.2 Å². The van der Waals surface area contributed by atoms with Gasteiger partial charge in [0.1, 0.15) is 0 Å². The van der Waals surface area contributed by atoms with Crippen molar-refractivity contribution in [2.24, 2.45) is 5.73 Å². The van der Waals surface area contributed by atoms with Gasteiger partial charge in [0.25, 0.3) is 0 Å². The third-order valence-corrected chi connectivity index (χ3v) is 4.72. The van der Waals surface area contributed by atoms with Crippen molar-refractivity contribution in [1.82, 2.24) is 15.1 Å². The van der Waals surface area contributed by atoms with Crippen LogP contribution in [-0.4, -0.2) is 66.6 Å². The SMILES string of the molecule is CCNC(C)(CC(C)N1CCN(C)C(CC)C1)C(N)=O. The predicted molar refractivity (Wildman–Crippen MR) is 83.6 cm³/mol. The maximum absolute atomic E-state index is 11.7. The lowest BCUT2D eigenvalue weighted by atomic mass is 9.91. The molecule has 0 spiro atoms. The second-order valence-electron chi connectivity index (χ2n) is 6.32. The third kappa shape index (κ3) is 4.17. The summed E-state index contributed by atoms with van der Waals surface area (Å²) in [6.07, 6.45) is 1.93. The largest absolute Gasteiger partial charge is 0.368 e. The highest BCUT2D eigenvalue weighted by molar-refractivity contribution is 5.84. The van der Waals surface area contributed by atoms with E-state index < -0.39 is 5.54 Å². The Morgan fingerprint density at radius 1 is 1.45 bits per heavy atom. The minimum absolute atomic E-state index is 0.257. The Balaban J connectivity index is 2.65. The van der Waals surface area contributed by atoms with Gasteiger partial charge >= 0.3 is 0 Å². The van der Waals surface area contributed by atoms with Crippen LogP contribution in [-0.2, 0) is 4.79 Å². The number of primary amides is 1. The van der Waals surface area contributed by atoms with E-state index in [0.29, 0.717) is 12.1 Å². The molecular weight excluding hydrogens is 252 g/mol. The number of carbonyl (C=O) groups is 1. The van der Waals surface area contributed by atoms with Gasteiger partial charge in [0, 0.05) is 31.7 Å². The van der Waals surface area contributed by atoms with Gasteiger partial charge in [0.15, 0.2) is 0 Å². The normalized spacial score (nSPS) is 26.1. The van der Waals surface area contributed by atoms with Gasteiger partial charge in [-0.1, -0.05) is 13.8 Å². The zero-order valence-corrected chi connectivity index (χ0v) is 13.8. The molecule has 1 aliphatic rings. The van der Waals surface area contributed by atoms with Crippen LogP contribution in [0.25, 0.3) is 0 Å². The van der Waals surface area contributed by atoms with Crippen LogP contribution in [0, 0.1) is 0 Å². The Kier molecular flexibility index (Phi) is 6.43. The molecule has 0 aromatic heterocycles. The monoisotopic (exact) mass is 284 g/mol. The molecule has 0 aliphatic carbocycles. The molecule has 0 bridgehead atoms. The smallest absolute Gasteiger partial charge is 0.237 e. The van der Waals surface area contributed by atoms with Crippen LogP contribution in [0.2, 0.25) is 0 Å². The lowest BCUT2D eigenvalue weighted by Crippen LogP contribution is -2.59. The summed E-state index contributed by atoms with van der Waals surface area (Å²) in [7, 11) is 2.20. The number of amides is 1. The highest BCUT2D eigenvalue weighted by Gasteiger charge is 2.35. The molecule has 5 heteroatoms.